The van der Waals surface area contributed by atoms with Crippen LogP contribution in [0, 0.1) is 12.7 Å². The van der Waals surface area contributed by atoms with Crippen LogP contribution < -0.4 is 10.2 Å². The van der Waals surface area contributed by atoms with Crippen molar-refractivity contribution in [2.45, 2.75) is 43.8 Å². The summed E-state index contributed by atoms with van der Waals surface area (Å²) in [5.41, 5.74) is 3.16. The lowest BCUT2D eigenvalue weighted by Gasteiger charge is -2.26. The topological polar surface area (TPSA) is 58.3 Å². The van der Waals surface area contributed by atoms with Crippen molar-refractivity contribution < 1.29 is 18.0 Å². The fourth-order valence-corrected chi connectivity index (χ4v) is 5.66. The van der Waals surface area contributed by atoms with Gasteiger partial charge in [-0.25, -0.2) is 17.5 Å². The van der Waals surface area contributed by atoms with Crippen molar-refractivity contribution in [3.8, 4) is 0 Å². The highest BCUT2D eigenvalue weighted by Gasteiger charge is 2.39. The van der Waals surface area contributed by atoms with E-state index in [2.05, 4.69) is 14.7 Å². The fraction of sp³-hybridized carbons (Fsp3) is 0.417. The molecule has 0 radical (unpaired) electrons. The third kappa shape index (κ3) is 4.79. The molecule has 2 aliphatic heterocycles. The van der Waals surface area contributed by atoms with E-state index in [1.807, 2.05) is 35.4 Å². The van der Waals surface area contributed by atoms with Gasteiger partial charge in [-0.3, -0.25) is 9.48 Å². The van der Waals surface area contributed by atoms with Crippen LogP contribution in [0.1, 0.15) is 33.9 Å². The molecule has 186 valence electrons. The minimum absolute atomic E-state index is 0.0915. The molecule has 4 heterocycles. The Bertz CT molecular complexity index is 1260. The molecular formula is C24H27F3N6OS. The van der Waals surface area contributed by atoms with Gasteiger partial charge in [0.2, 0.25) is 0 Å². The van der Waals surface area contributed by atoms with Gasteiger partial charge in [0.1, 0.15) is 11.5 Å². The van der Waals surface area contributed by atoms with Gasteiger partial charge in [-0.15, -0.1) is 0 Å². The number of alkyl halides is 2. The number of amides is 1. The third-order valence-electron chi connectivity index (χ3n) is 6.68. The van der Waals surface area contributed by atoms with E-state index in [1.165, 1.54) is 17.0 Å². The minimum atomic E-state index is -2.80. The SMILES string of the molecule is Cc1c(SN2CCn3nccc3C2)cc(C(=O)NCc2c(F)cccc2N2CCC(F)(F)C2)n1C. The van der Waals surface area contributed by atoms with Crippen LogP contribution in [-0.4, -0.2) is 50.1 Å². The molecule has 0 unspecified atom stereocenters. The van der Waals surface area contributed by atoms with E-state index in [4.69, 9.17) is 0 Å². The zero-order valence-electron chi connectivity index (χ0n) is 19.6. The number of hydrogen-bond donors (Lipinski definition) is 1. The number of benzene rings is 1. The molecule has 2 aromatic heterocycles. The average Bonchev–Trinajstić information content (AvgIpc) is 3.51. The molecule has 5 rings (SSSR count). The number of rotatable bonds is 6. The molecule has 1 saturated heterocycles. The van der Waals surface area contributed by atoms with Crippen LogP contribution in [-0.2, 0) is 26.7 Å². The first-order valence-corrected chi connectivity index (χ1v) is 12.3. The lowest BCUT2D eigenvalue weighted by Crippen LogP contribution is -2.29. The number of hydrogen-bond acceptors (Lipinski definition) is 5. The molecule has 0 bridgehead atoms. The molecule has 1 N–H and O–H groups in total. The highest BCUT2D eigenvalue weighted by atomic mass is 32.2. The van der Waals surface area contributed by atoms with E-state index in [0.717, 1.165) is 35.9 Å². The number of anilines is 1. The fourth-order valence-electron chi connectivity index (χ4n) is 4.58. The molecule has 0 spiro atoms. The third-order valence-corrected chi connectivity index (χ3v) is 7.86. The van der Waals surface area contributed by atoms with Crippen molar-refractivity contribution in [3.63, 3.8) is 0 Å². The summed E-state index contributed by atoms with van der Waals surface area (Å²) in [7, 11) is 1.82. The zero-order chi connectivity index (χ0) is 24.7. The number of carbonyl (C=O) groups excluding carboxylic acids is 1. The Morgan fingerprint density at radius 3 is 2.83 bits per heavy atom. The highest BCUT2D eigenvalue weighted by molar-refractivity contribution is 7.97. The maximum absolute atomic E-state index is 14.7. The largest absolute Gasteiger partial charge is 0.365 e. The predicted molar refractivity (Wildman–Crippen MR) is 128 cm³/mol. The quantitative estimate of drug-likeness (QED) is 0.515. The summed E-state index contributed by atoms with van der Waals surface area (Å²) in [6.45, 7) is 3.95. The number of fused-ring (bicyclic) bond motifs is 1. The summed E-state index contributed by atoms with van der Waals surface area (Å²) in [5.74, 6) is -3.67. The molecule has 1 aromatic carbocycles. The van der Waals surface area contributed by atoms with Crippen molar-refractivity contribution >= 4 is 23.5 Å². The normalized spacial score (nSPS) is 17.6. The zero-order valence-corrected chi connectivity index (χ0v) is 20.4. The standard InChI is InChI=1S/C24H27F3N6OS/c1-16-22(35-32-10-11-33-17(14-32)6-8-29-33)12-21(30(16)2)23(34)28-13-18-19(25)4-3-5-20(18)31-9-7-24(26,27)15-31/h3-6,8,12H,7,9-11,13-15H2,1-2H3,(H,28,34). The first-order valence-electron chi connectivity index (χ1n) is 11.5. The minimum Gasteiger partial charge on any atom is -0.365 e. The Morgan fingerprint density at radius 1 is 1.23 bits per heavy atom. The lowest BCUT2D eigenvalue weighted by atomic mass is 10.1. The van der Waals surface area contributed by atoms with Gasteiger partial charge in [0.05, 0.1) is 25.3 Å². The average molecular weight is 505 g/mol. The van der Waals surface area contributed by atoms with Crippen LogP contribution in [0.2, 0.25) is 0 Å². The molecule has 35 heavy (non-hydrogen) atoms. The van der Waals surface area contributed by atoms with Crippen molar-refractivity contribution in [1.82, 2.24) is 24.0 Å². The number of carbonyl (C=O) groups is 1. The Balaban J connectivity index is 1.28. The maximum atomic E-state index is 14.7. The van der Waals surface area contributed by atoms with E-state index in [0.29, 0.717) is 11.4 Å². The van der Waals surface area contributed by atoms with E-state index in [1.54, 1.807) is 24.2 Å². The molecule has 0 aliphatic carbocycles. The molecule has 0 atom stereocenters. The van der Waals surface area contributed by atoms with Crippen LogP contribution in [0.4, 0.5) is 18.9 Å². The van der Waals surface area contributed by atoms with Crippen molar-refractivity contribution in [2.75, 3.05) is 24.5 Å². The smallest absolute Gasteiger partial charge is 0.268 e. The second-order valence-electron chi connectivity index (χ2n) is 8.99. The second-order valence-corrected chi connectivity index (χ2v) is 10.1. The molecule has 1 fully saturated rings. The van der Waals surface area contributed by atoms with Crippen molar-refractivity contribution in [3.05, 3.63) is 65.0 Å². The van der Waals surface area contributed by atoms with Crippen LogP contribution in [0.25, 0.3) is 0 Å². The molecule has 11 heteroatoms. The van der Waals surface area contributed by atoms with Gasteiger partial charge >= 0.3 is 0 Å². The van der Waals surface area contributed by atoms with Crippen LogP contribution in [0.3, 0.4) is 0 Å². The number of nitrogens with zero attached hydrogens (tertiary/aromatic N) is 5. The van der Waals surface area contributed by atoms with Crippen molar-refractivity contribution in [2.24, 2.45) is 7.05 Å². The van der Waals surface area contributed by atoms with E-state index >= 15 is 0 Å². The Labute approximate surface area is 206 Å². The van der Waals surface area contributed by atoms with E-state index in [9.17, 15) is 18.0 Å². The summed E-state index contributed by atoms with van der Waals surface area (Å²) in [6, 6.07) is 8.25. The Kier molecular flexibility index (Phi) is 6.30. The summed E-state index contributed by atoms with van der Waals surface area (Å²) < 4.78 is 48.2. The lowest BCUT2D eigenvalue weighted by molar-refractivity contribution is 0.0257. The van der Waals surface area contributed by atoms with Gasteiger partial charge in [-0.2, -0.15) is 5.10 Å². The molecule has 3 aromatic rings. The number of aromatic nitrogens is 3. The molecule has 7 nitrogen and oxygen atoms in total. The Hall–Kier alpha value is -2.92. The molecule has 2 aliphatic rings. The van der Waals surface area contributed by atoms with Crippen LogP contribution >= 0.6 is 11.9 Å². The first-order chi connectivity index (χ1) is 16.7. The highest BCUT2D eigenvalue weighted by Crippen LogP contribution is 2.34. The van der Waals surface area contributed by atoms with Gasteiger partial charge in [0, 0.05) is 61.1 Å². The summed E-state index contributed by atoms with van der Waals surface area (Å²) in [6.07, 6.45) is 1.54. The predicted octanol–water partition coefficient (Wildman–Crippen LogP) is 3.97. The van der Waals surface area contributed by atoms with Crippen molar-refractivity contribution in [1.29, 1.82) is 0 Å². The van der Waals surface area contributed by atoms with Gasteiger partial charge in [0.25, 0.3) is 11.8 Å². The summed E-state index contributed by atoms with van der Waals surface area (Å²) in [5, 5.41) is 7.09. The van der Waals surface area contributed by atoms with Crippen LogP contribution in [0.5, 0.6) is 0 Å². The monoisotopic (exact) mass is 504 g/mol. The molecular weight excluding hydrogens is 477 g/mol. The summed E-state index contributed by atoms with van der Waals surface area (Å²) in [4.78, 5) is 15.5. The van der Waals surface area contributed by atoms with Crippen LogP contribution in [0.15, 0.2) is 41.4 Å². The van der Waals surface area contributed by atoms with Gasteiger partial charge in [-0.05, 0) is 43.1 Å². The maximum Gasteiger partial charge on any atom is 0.268 e. The second kappa shape index (κ2) is 9.27. The van der Waals surface area contributed by atoms with E-state index < -0.39 is 18.3 Å². The molecule has 1 amide bonds. The van der Waals surface area contributed by atoms with Gasteiger partial charge in [-0.1, -0.05) is 6.07 Å². The molecule has 0 saturated carbocycles. The number of halogens is 3. The van der Waals surface area contributed by atoms with E-state index in [-0.39, 0.29) is 31.0 Å². The summed E-state index contributed by atoms with van der Waals surface area (Å²) >= 11 is 1.60. The van der Waals surface area contributed by atoms with Gasteiger partial charge < -0.3 is 14.8 Å². The first kappa shape index (κ1) is 23.8. The number of nitrogens with one attached hydrogen (secondary N) is 1. The Morgan fingerprint density at radius 2 is 2.06 bits per heavy atom. The van der Waals surface area contributed by atoms with Gasteiger partial charge in [0.15, 0.2) is 0 Å².